The molecule has 0 radical (unpaired) electrons. The second kappa shape index (κ2) is 9.87. The molecule has 3 nitrogen and oxygen atoms in total. The minimum Gasteiger partial charge on any atom is -0.392 e. The molecule has 2 aromatic carbocycles. The van der Waals surface area contributed by atoms with Crippen LogP contribution in [0.2, 0.25) is 0 Å². The van der Waals surface area contributed by atoms with Gasteiger partial charge >= 0.3 is 6.18 Å². The Morgan fingerprint density at radius 3 is 2.11 bits per heavy atom. The van der Waals surface area contributed by atoms with Crippen LogP contribution in [0, 0.1) is 6.92 Å². The van der Waals surface area contributed by atoms with Crippen LogP contribution in [-0.4, -0.2) is 27.6 Å². The van der Waals surface area contributed by atoms with Crippen LogP contribution in [-0.2, 0) is 26.1 Å². The highest BCUT2D eigenvalue weighted by molar-refractivity contribution is 5.54. The first-order chi connectivity index (χ1) is 13.2. The Kier molecular flexibility index (Phi) is 7.80. The molecule has 0 fully saturated rings. The molecule has 2 rings (SSSR count). The lowest BCUT2D eigenvalue weighted by Crippen LogP contribution is -2.25. The van der Waals surface area contributed by atoms with Gasteiger partial charge in [-0.1, -0.05) is 42.5 Å². The number of aryl methyl sites for hydroxylation is 3. The van der Waals surface area contributed by atoms with Gasteiger partial charge in [-0.15, -0.1) is 0 Å². The van der Waals surface area contributed by atoms with Gasteiger partial charge in [0.25, 0.3) is 0 Å². The van der Waals surface area contributed by atoms with Crippen LogP contribution in [0.5, 0.6) is 0 Å². The van der Waals surface area contributed by atoms with Crippen LogP contribution in [0.4, 0.5) is 13.2 Å². The Morgan fingerprint density at radius 2 is 1.54 bits per heavy atom. The van der Waals surface area contributed by atoms with Gasteiger partial charge in [0.1, 0.15) is 0 Å². The van der Waals surface area contributed by atoms with Crippen molar-refractivity contribution in [1.29, 1.82) is 0 Å². The predicted octanol–water partition coefficient (Wildman–Crippen LogP) is 4.09. The highest BCUT2D eigenvalue weighted by atomic mass is 19.4. The lowest BCUT2D eigenvalue weighted by Gasteiger charge is -2.11. The number of halogens is 3. The summed E-state index contributed by atoms with van der Waals surface area (Å²) < 4.78 is 37.1. The summed E-state index contributed by atoms with van der Waals surface area (Å²) in [6, 6.07) is 11.2. The van der Waals surface area contributed by atoms with Gasteiger partial charge in [-0.05, 0) is 65.6 Å². The standard InChI is InChI=1S/C22H25F3O3/c1-15-11-16(5-7-18(15)9-10-21(28)22(23,24)25)3-2-4-17-6-8-19(13-26)20(12-17)14-27/h5-12,21,26-28H,2-4,13-14H2,1H3/b10-9+. The van der Waals surface area contributed by atoms with Gasteiger partial charge in [0, 0.05) is 0 Å². The molecule has 0 aromatic heterocycles. The highest BCUT2D eigenvalue weighted by Crippen LogP contribution is 2.22. The van der Waals surface area contributed by atoms with Crippen LogP contribution in [0.15, 0.2) is 42.5 Å². The SMILES string of the molecule is Cc1cc(CCCc2ccc(CO)c(CO)c2)ccc1/C=C/C(O)C(F)(F)F. The molecule has 6 heteroatoms. The third-order valence-corrected chi connectivity index (χ3v) is 4.67. The van der Waals surface area contributed by atoms with Gasteiger partial charge in [-0.25, -0.2) is 0 Å². The molecule has 3 N–H and O–H groups in total. The Labute approximate surface area is 162 Å². The number of hydrogen-bond donors (Lipinski definition) is 3. The molecule has 1 unspecified atom stereocenters. The fourth-order valence-corrected chi connectivity index (χ4v) is 3.02. The highest BCUT2D eigenvalue weighted by Gasteiger charge is 2.36. The smallest absolute Gasteiger partial charge is 0.392 e. The van der Waals surface area contributed by atoms with Crippen molar-refractivity contribution in [2.45, 2.75) is 51.7 Å². The molecule has 0 amide bonds. The molecule has 0 saturated carbocycles. The van der Waals surface area contributed by atoms with Crippen molar-refractivity contribution < 1.29 is 28.5 Å². The molecule has 0 aliphatic heterocycles. The number of rotatable bonds is 8. The Bertz CT molecular complexity index is 813. The fourth-order valence-electron chi connectivity index (χ4n) is 3.02. The van der Waals surface area contributed by atoms with Gasteiger partial charge < -0.3 is 15.3 Å². The van der Waals surface area contributed by atoms with E-state index in [0.717, 1.165) is 53.2 Å². The first-order valence-corrected chi connectivity index (χ1v) is 9.09. The largest absolute Gasteiger partial charge is 0.417 e. The van der Waals surface area contributed by atoms with E-state index in [0.29, 0.717) is 5.56 Å². The Morgan fingerprint density at radius 1 is 0.929 bits per heavy atom. The Balaban J connectivity index is 1.95. The molecular weight excluding hydrogens is 369 g/mol. The molecule has 0 bridgehead atoms. The lowest BCUT2D eigenvalue weighted by molar-refractivity contribution is -0.187. The molecule has 0 aliphatic carbocycles. The van der Waals surface area contributed by atoms with Crippen molar-refractivity contribution in [2.24, 2.45) is 0 Å². The maximum absolute atomic E-state index is 12.4. The monoisotopic (exact) mass is 394 g/mol. The summed E-state index contributed by atoms with van der Waals surface area (Å²) >= 11 is 0. The summed E-state index contributed by atoms with van der Waals surface area (Å²) in [5, 5.41) is 27.6. The minimum absolute atomic E-state index is 0.101. The second-order valence-electron chi connectivity index (χ2n) is 6.81. The van der Waals surface area contributed by atoms with E-state index in [2.05, 4.69) is 0 Å². The zero-order valence-corrected chi connectivity index (χ0v) is 15.7. The molecule has 0 spiro atoms. The predicted molar refractivity (Wildman–Crippen MR) is 103 cm³/mol. The molecule has 1 atom stereocenters. The summed E-state index contributed by atoms with van der Waals surface area (Å²) in [6.07, 6.45) is -2.58. The molecular formula is C22H25F3O3. The normalized spacial score (nSPS) is 13.2. The first kappa shape index (κ1) is 22.1. The summed E-state index contributed by atoms with van der Waals surface area (Å²) in [6.45, 7) is 1.61. The zero-order valence-electron chi connectivity index (χ0n) is 15.7. The Hall–Kier alpha value is -2.15. The minimum atomic E-state index is -4.66. The average Bonchev–Trinajstić information content (AvgIpc) is 2.66. The van der Waals surface area contributed by atoms with Gasteiger partial charge in [-0.3, -0.25) is 0 Å². The molecule has 152 valence electrons. The summed E-state index contributed by atoms with van der Waals surface area (Å²) in [4.78, 5) is 0. The van der Waals surface area contributed by atoms with E-state index < -0.39 is 12.3 Å². The van der Waals surface area contributed by atoms with Crippen molar-refractivity contribution in [3.05, 3.63) is 75.9 Å². The average molecular weight is 394 g/mol. The maximum atomic E-state index is 12.4. The number of hydrogen-bond acceptors (Lipinski definition) is 3. The molecule has 0 heterocycles. The van der Waals surface area contributed by atoms with Crippen molar-refractivity contribution in [1.82, 2.24) is 0 Å². The zero-order chi connectivity index (χ0) is 20.7. The van der Waals surface area contributed by atoms with Gasteiger partial charge in [0.05, 0.1) is 13.2 Å². The number of aliphatic hydroxyl groups is 3. The first-order valence-electron chi connectivity index (χ1n) is 9.09. The van der Waals surface area contributed by atoms with Crippen LogP contribution in [0.3, 0.4) is 0 Å². The molecule has 28 heavy (non-hydrogen) atoms. The van der Waals surface area contributed by atoms with Crippen LogP contribution < -0.4 is 0 Å². The van der Waals surface area contributed by atoms with Crippen molar-refractivity contribution >= 4 is 6.08 Å². The van der Waals surface area contributed by atoms with E-state index in [-0.39, 0.29) is 13.2 Å². The van der Waals surface area contributed by atoms with E-state index >= 15 is 0 Å². The van der Waals surface area contributed by atoms with E-state index in [4.69, 9.17) is 5.11 Å². The maximum Gasteiger partial charge on any atom is 0.417 e. The summed E-state index contributed by atoms with van der Waals surface area (Å²) in [5.74, 6) is 0. The van der Waals surface area contributed by atoms with Crippen molar-refractivity contribution in [3.63, 3.8) is 0 Å². The van der Waals surface area contributed by atoms with Gasteiger partial charge in [0.2, 0.25) is 0 Å². The number of alkyl halides is 3. The van der Waals surface area contributed by atoms with E-state index in [1.807, 2.05) is 37.3 Å². The lowest BCUT2D eigenvalue weighted by atomic mass is 9.98. The van der Waals surface area contributed by atoms with E-state index in [1.54, 1.807) is 6.07 Å². The molecule has 0 saturated heterocycles. The molecule has 2 aromatic rings. The van der Waals surface area contributed by atoms with Crippen molar-refractivity contribution in [3.8, 4) is 0 Å². The molecule has 0 aliphatic rings. The van der Waals surface area contributed by atoms with Crippen molar-refractivity contribution in [2.75, 3.05) is 0 Å². The van der Waals surface area contributed by atoms with Crippen LogP contribution in [0.25, 0.3) is 6.08 Å². The van der Waals surface area contributed by atoms with Gasteiger partial charge in [-0.2, -0.15) is 13.2 Å². The fraction of sp³-hybridized carbons (Fsp3) is 0.364. The quantitative estimate of drug-likeness (QED) is 0.632. The summed E-state index contributed by atoms with van der Waals surface area (Å²) in [7, 11) is 0. The topological polar surface area (TPSA) is 60.7 Å². The number of benzene rings is 2. The second-order valence-corrected chi connectivity index (χ2v) is 6.81. The van der Waals surface area contributed by atoms with Gasteiger partial charge in [0.15, 0.2) is 6.10 Å². The van der Waals surface area contributed by atoms with E-state index in [1.165, 1.54) is 6.08 Å². The summed E-state index contributed by atoms with van der Waals surface area (Å²) in [5.41, 5.74) is 5.10. The van der Waals surface area contributed by atoms with Crippen LogP contribution >= 0.6 is 0 Å². The van der Waals surface area contributed by atoms with E-state index in [9.17, 15) is 23.4 Å². The number of aliphatic hydroxyl groups excluding tert-OH is 3. The third-order valence-electron chi connectivity index (χ3n) is 4.67. The van der Waals surface area contributed by atoms with Crippen LogP contribution in [0.1, 0.15) is 39.8 Å². The third kappa shape index (κ3) is 6.19.